The van der Waals surface area contributed by atoms with Gasteiger partial charge in [-0.15, -0.1) is 0 Å². The molecule has 3 nitrogen and oxygen atoms in total. The number of nitrogens with zero attached hydrogens (tertiary/aromatic N) is 2. The summed E-state index contributed by atoms with van der Waals surface area (Å²) in [6.45, 7) is 8.83. The first-order valence-electron chi connectivity index (χ1n) is 6.37. The van der Waals surface area contributed by atoms with Gasteiger partial charge >= 0.3 is 0 Å². The normalized spacial score (nSPS) is 16.7. The van der Waals surface area contributed by atoms with Gasteiger partial charge in [-0.2, -0.15) is 0 Å². The van der Waals surface area contributed by atoms with Crippen molar-refractivity contribution < 1.29 is 0 Å². The summed E-state index contributed by atoms with van der Waals surface area (Å²) in [5, 5.41) is 3.66. The van der Waals surface area contributed by atoms with Crippen LogP contribution in [0.5, 0.6) is 0 Å². The zero-order chi connectivity index (χ0) is 11.6. The van der Waals surface area contributed by atoms with Gasteiger partial charge in [0.05, 0.1) is 12.0 Å². The second-order valence-electron chi connectivity index (χ2n) is 5.43. The van der Waals surface area contributed by atoms with Crippen molar-refractivity contribution >= 4 is 0 Å². The number of hydrogen-bond acceptors (Lipinski definition) is 2. The number of aryl methyl sites for hydroxylation is 1. The maximum atomic E-state index is 4.22. The molecule has 0 atom stereocenters. The molecule has 1 aliphatic carbocycles. The van der Waals surface area contributed by atoms with E-state index in [0.29, 0.717) is 0 Å². The van der Waals surface area contributed by atoms with E-state index < -0.39 is 0 Å². The lowest BCUT2D eigenvalue weighted by Crippen LogP contribution is -2.41. The van der Waals surface area contributed by atoms with Crippen LogP contribution in [-0.4, -0.2) is 15.1 Å². The van der Waals surface area contributed by atoms with Crippen LogP contribution in [-0.2, 0) is 13.1 Å². The van der Waals surface area contributed by atoms with E-state index in [0.717, 1.165) is 25.4 Å². The number of rotatable bonds is 6. The molecular formula is C13H23N3. The van der Waals surface area contributed by atoms with Gasteiger partial charge in [-0.25, -0.2) is 4.98 Å². The Morgan fingerprint density at radius 1 is 1.50 bits per heavy atom. The summed E-state index contributed by atoms with van der Waals surface area (Å²) in [5.41, 5.74) is 1.58. The van der Waals surface area contributed by atoms with Gasteiger partial charge in [-0.1, -0.05) is 6.92 Å². The topological polar surface area (TPSA) is 29.9 Å². The van der Waals surface area contributed by atoms with Crippen molar-refractivity contribution in [3.8, 4) is 0 Å². The van der Waals surface area contributed by atoms with Gasteiger partial charge in [0.25, 0.3) is 0 Å². The van der Waals surface area contributed by atoms with Crippen LogP contribution in [0.2, 0.25) is 0 Å². The van der Waals surface area contributed by atoms with E-state index in [4.69, 9.17) is 0 Å². The molecule has 1 aliphatic rings. The standard InChI is InChI=1S/C13H23N3/c1-4-7-16-10-14-8-12(16)9-15-13(2,3)11-5-6-11/h8,10-11,15H,4-7,9H2,1-3H3. The van der Waals surface area contributed by atoms with Gasteiger partial charge in [-0.3, -0.25) is 0 Å². The highest BCUT2D eigenvalue weighted by atomic mass is 15.1. The molecule has 0 bridgehead atoms. The molecule has 0 radical (unpaired) electrons. The fourth-order valence-electron chi connectivity index (χ4n) is 2.21. The molecule has 0 saturated heterocycles. The molecule has 90 valence electrons. The Hall–Kier alpha value is -0.830. The molecule has 0 amide bonds. The molecule has 1 aromatic rings. The summed E-state index contributed by atoms with van der Waals surface area (Å²) in [6, 6.07) is 0. The van der Waals surface area contributed by atoms with Gasteiger partial charge in [0.1, 0.15) is 0 Å². The smallest absolute Gasteiger partial charge is 0.0948 e. The first kappa shape index (κ1) is 11.6. The SMILES string of the molecule is CCCn1cncc1CNC(C)(C)C1CC1. The van der Waals surface area contributed by atoms with Crippen molar-refractivity contribution in [3.05, 3.63) is 18.2 Å². The highest BCUT2D eigenvalue weighted by Gasteiger charge is 2.37. The third-order valence-corrected chi connectivity index (χ3v) is 3.59. The summed E-state index contributed by atoms with van der Waals surface area (Å²) in [5.74, 6) is 0.870. The molecule has 3 heteroatoms. The average Bonchev–Trinajstić information content (AvgIpc) is 3.00. The van der Waals surface area contributed by atoms with Crippen LogP contribution in [0.1, 0.15) is 45.7 Å². The lowest BCUT2D eigenvalue weighted by atomic mass is 9.99. The largest absolute Gasteiger partial charge is 0.333 e. The molecule has 0 aromatic carbocycles. The van der Waals surface area contributed by atoms with Crippen molar-refractivity contribution in [1.82, 2.24) is 14.9 Å². The molecule has 0 aliphatic heterocycles. The summed E-state index contributed by atoms with van der Waals surface area (Å²) < 4.78 is 2.25. The Kier molecular flexibility index (Phi) is 3.33. The predicted molar refractivity (Wildman–Crippen MR) is 66.2 cm³/mol. The van der Waals surface area contributed by atoms with Crippen LogP contribution in [0.25, 0.3) is 0 Å². The van der Waals surface area contributed by atoms with Crippen LogP contribution < -0.4 is 5.32 Å². The number of aromatic nitrogens is 2. The third-order valence-electron chi connectivity index (χ3n) is 3.59. The van der Waals surface area contributed by atoms with E-state index in [-0.39, 0.29) is 5.54 Å². The first-order valence-corrected chi connectivity index (χ1v) is 6.37. The van der Waals surface area contributed by atoms with Gasteiger partial charge in [0.15, 0.2) is 0 Å². The maximum absolute atomic E-state index is 4.22. The molecule has 1 saturated carbocycles. The molecule has 16 heavy (non-hydrogen) atoms. The molecule has 1 N–H and O–H groups in total. The van der Waals surface area contributed by atoms with Crippen LogP contribution in [0.3, 0.4) is 0 Å². The second-order valence-corrected chi connectivity index (χ2v) is 5.43. The van der Waals surface area contributed by atoms with Crippen molar-refractivity contribution in [1.29, 1.82) is 0 Å². The Labute approximate surface area is 98.3 Å². The van der Waals surface area contributed by atoms with Crippen LogP contribution >= 0.6 is 0 Å². The van der Waals surface area contributed by atoms with Crippen molar-refractivity contribution in [2.45, 2.75) is 58.7 Å². The summed E-state index contributed by atoms with van der Waals surface area (Å²) >= 11 is 0. The van der Waals surface area contributed by atoms with Crippen LogP contribution in [0.4, 0.5) is 0 Å². The summed E-state index contributed by atoms with van der Waals surface area (Å²) in [7, 11) is 0. The minimum absolute atomic E-state index is 0.279. The lowest BCUT2D eigenvalue weighted by molar-refractivity contribution is 0.335. The third kappa shape index (κ3) is 2.64. The van der Waals surface area contributed by atoms with E-state index in [1.807, 2.05) is 12.5 Å². The van der Waals surface area contributed by atoms with Crippen LogP contribution in [0, 0.1) is 5.92 Å². The monoisotopic (exact) mass is 221 g/mol. The highest BCUT2D eigenvalue weighted by Crippen LogP contribution is 2.39. The molecule has 0 unspecified atom stereocenters. The predicted octanol–water partition coefficient (Wildman–Crippen LogP) is 2.57. The Bertz CT molecular complexity index is 337. The Balaban J connectivity index is 1.90. The Morgan fingerprint density at radius 2 is 2.25 bits per heavy atom. The van der Waals surface area contributed by atoms with E-state index in [9.17, 15) is 0 Å². The molecular weight excluding hydrogens is 198 g/mol. The molecule has 2 rings (SSSR count). The average molecular weight is 221 g/mol. The summed E-state index contributed by atoms with van der Waals surface area (Å²) in [4.78, 5) is 4.22. The van der Waals surface area contributed by atoms with Crippen molar-refractivity contribution in [2.75, 3.05) is 0 Å². The van der Waals surface area contributed by atoms with Crippen LogP contribution in [0.15, 0.2) is 12.5 Å². The number of hydrogen-bond donors (Lipinski definition) is 1. The van der Waals surface area contributed by atoms with Gasteiger partial charge in [-0.05, 0) is 39.0 Å². The minimum Gasteiger partial charge on any atom is -0.333 e. The van der Waals surface area contributed by atoms with Gasteiger partial charge in [0.2, 0.25) is 0 Å². The molecule has 1 heterocycles. The molecule has 1 fully saturated rings. The Morgan fingerprint density at radius 3 is 2.88 bits per heavy atom. The van der Waals surface area contributed by atoms with Gasteiger partial charge < -0.3 is 9.88 Å². The van der Waals surface area contributed by atoms with E-state index in [1.54, 1.807) is 0 Å². The maximum Gasteiger partial charge on any atom is 0.0948 e. The van der Waals surface area contributed by atoms with E-state index >= 15 is 0 Å². The highest BCUT2D eigenvalue weighted by molar-refractivity contribution is 5.01. The van der Waals surface area contributed by atoms with Crippen molar-refractivity contribution in [2.24, 2.45) is 5.92 Å². The number of nitrogens with one attached hydrogen (secondary N) is 1. The minimum atomic E-state index is 0.279. The molecule has 0 spiro atoms. The number of imidazole rings is 1. The fraction of sp³-hybridized carbons (Fsp3) is 0.769. The van der Waals surface area contributed by atoms with Crippen molar-refractivity contribution in [3.63, 3.8) is 0 Å². The lowest BCUT2D eigenvalue weighted by Gasteiger charge is -2.26. The quantitative estimate of drug-likeness (QED) is 0.800. The fourth-order valence-corrected chi connectivity index (χ4v) is 2.21. The second kappa shape index (κ2) is 4.58. The molecule has 1 aromatic heterocycles. The van der Waals surface area contributed by atoms with E-state index in [2.05, 4.69) is 35.6 Å². The zero-order valence-corrected chi connectivity index (χ0v) is 10.7. The zero-order valence-electron chi connectivity index (χ0n) is 10.7. The first-order chi connectivity index (χ1) is 7.63. The van der Waals surface area contributed by atoms with E-state index in [1.165, 1.54) is 18.5 Å². The van der Waals surface area contributed by atoms with Gasteiger partial charge in [0, 0.05) is 24.8 Å². The summed E-state index contributed by atoms with van der Waals surface area (Å²) in [6.07, 6.45) is 7.84.